The number of pyridine rings is 1. The van der Waals surface area contributed by atoms with Crippen molar-refractivity contribution in [3.05, 3.63) is 42.2 Å². The first-order valence-electron chi connectivity index (χ1n) is 5.08. The molecule has 1 aromatic heterocycles. The average Bonchev–Trinajstić information content (AvgIpc) is 2.32. The highest BCUT2D eigenvalue weighted by atomic mass is 19.4. The fourth-order valence-electron chi connectivity index (χ4n) is 1.67. The Labute approximate surface area is 101 Å². The highest BCUT2D eigenvalue weighted by Gasteiger charge is 2.35. The van der Waals surface area contributed by atoms with Gasteiger partial charge in [0, 0.05) is 17.3 Å². The molecule has 0 aliphatic heterocycles. The molecule has 0 aliphatic carbocycles. The SMILES string of the molecule is Nc1cccc(-c2cccnc2C(F)(F)F)c1N. The molecule has 6 heteroatoms. The number of para-hydroxylation sites is 1. The van der Waals surface area contributed by atoms with Gasteiger partial charge in [-0.1, -0.05) is 18.2 Å². The molecule has 0 unspecified atom stereocenters. The Kier molecular flexibility index (Phi) is 2.86. The molecule has 0 atom stereocenters. The zero-order valence-electron chi connectivity index (χ0n) is 9.20. The first kappa shape index (κ1) is 12.2. The summed E-state index contributed by atoms with van der Waals surface area (Å²) in [5.74, 6) is 0. The number of nitrogens with zero attached hydrogens (tertiary/aromatic N) is 1. The van der Waals surface area contributed by atoms with Crippen LogP contribution in [0.15, 0.2) is 36.5 Å². The van der Waals surface area contributed by atoms with Crippen molar-refractivity contribution in [3.8, 4) is 11.1 Å². The quantitative estimate of drug-likeness (QED) is 0.768. The highest BCUT2D eigenvalue weighted by molar-refractivity contribution is 5.85. The third-order valence-electron chi connectivity index (χ3n) is 2.51. The van der Waals surface area contributed by atoms with Crippen LogP contribution in [0.5, 0.6) is 0 Å². The molecule has 4 N–H and O–H groups in total. The molecule has 1 aromatic carbocycles. The molecular weight excluding hydrogens is 243 g/mol. The summed E-state index contributed by atoms with van der Waals surface area (Å²) in [6.45, 7) is 0. The molecule has 94 valence electrons. The summed E-state index contributed by atoms with van der Waals surface area (Å²) in [6, 6.07) is 7.31. The van der Waals surface area contributed by atoms with Crippen LogP contribution in [0.2, 0.25) is 0 Å². The zero-order chi connectivity index (χ0) is 13.3. The van der Waals surface area contributed by atoms with E-state index in [2.05, 4.69) is 4.98 Å². The largest absolute Gasteiger partial charge is 0.433 e. The fraction of sp³-hybridized carbons (Fsp3) is 0.0833. The van der Waals surface area contributed by atoms with Crippen molar-refractivity contribution >= 4 is 11.4 Å². The molecule has 0 bridgehead atoms. The van der Waals surface area contributed by atoms with Gasteiger partial charge >= 0.3 is 6.18 Å². The van der Waals surface area contributed by atoms with E-state index in [1.54, 1.807) is 6.07 Å². The number of nitrogen functional groups attached to an aromatic ring is 2. The Bertz CT molecular complexity index is 579. The standard InChI is InChI=1S/C12H10F3N3/c13-12(14,15)11-8(4-2-6-18-11)7-3-1-5-9(16)10(7)17/h1-6H,16-17H2. The maximum Gasteiger partial charge on any atom is 0.433 e. The van der Waals surface area contributed by atoms with Gasteiger partial charge in [0.25, 0.3) is 0 Å². The van der Waals surface area contributed by atoms with Crippen LogP contribution in [0.1, 0.15) is 5.69 Å². The predicted octanol–water partition coefficient (Wildman–Crippen LogP) is 2.93. The molecule has 18 heavy (non-hydrogen) atoms. The summed E-state index contributed by atoms with van der Waals surface area (Å²) in [5.41, 5.74) is 10.8. The first-order valence-corrected chi connectivity index (χ1v) is 5.08. The predicted molar refractivity (Wildman–Crippen MR) is 63.5 cm³/mol. The first-order chi connectivity index (χ1) is 8.41. The van der Waals surface area contributed by atoms with E-state index in [0.717, 1.165) is 6.20 Å². The molecular formula is C12H10F3N3. The second-order valence-corrected chi connectivity index (χ2v) is 3.71. The van der Waals surface area contributed by atoms with Crippen LogP contribution in [-0.4, -0.2) is 4.98 Å². The van der Waals surface area contributed by atoms with E-state index >= 15 is 0 Å². The van der Waals surface area contributed by atoms with E-state index in [9.17, 15) is 13.2 Å². The van der Waals surface area contributed by atoms with Crippen LogP contribution in [-0.2, 0) is 6.18 Å². The lowest BCUT2D eigenvalue weighted by atomic mass is 10.0. The minimum Gasteiger partial charge on any atom is -0.397 e. The van der Waals surface area contributed by atoms with Crippen LogP contribution in [0.3, 0.4) is 0 Å². The van der Waals surface area contributed by atoms with E-state index in [0.29, 0.717) is 0 Å². The van der Waals surface area contributed by atoms with Crippen molar-refractivity contribution in [1.82, 2.24) is 4.98 Å². The van der Waals surface area contributed by atoms with Crippen LogP contribution >= 0.6 is 0 Å². The van der Waals surface area contributed by atoms with E-state index in [-0.39, 0.29) is 22.5 Å². The minimum absolute atomic E-state index is 0.0743. The molecule has 0 amide bonds. The molecule has 3 nitrogen and oxygen atoms in total. The number of alkyl halides is 3. The van der Waals surface area contributed by atoms with Gasteiger partial charge in [0.1, 0.15) is 0 Å². The summed E-state index contributed by atoms with van der Waals surface area (Å²) >= 11 is 0. The lowest BCUT2D eigenvalue weighted by Gasteiger charge is -2.13. The van der Waals surface area contributed by atoms with Gasteiger partial charge in [-0.2, -0.15) is 13.2 Å². The van der Waals surface area contributed by atoms with Crippen LogP contribution in [0, 0.1) is 0 Å². The minimum atomic E-state index is -4.53. The Balaban J connectivity index is 2.69. The van der Waals surface area contributed by atoms with Gasteiger partial charge in [-0.3, -0.25) is 4.98 Å². The molecule has 0 aliphatic rings. The number of rotatable bonds is 1. The number of halogens is 3. The lowest BCUT2D eigenvalue weighted by Crippen LogP contribution is -2.10. The van der Waals surface area contributed by atoms with Gasteiger partial charge in [-0.25, -0.2) is 0 Å². The van der Waals surface area contributed by atoms with Gasteiger partial charge in [0.05, 0.1) is 11.4 Å². The van der Waals surface area contributed by atoms with E-state index in [1.807, 2.05) is 0 Å². The van der Waals surface area contributed by atoms with Crippen LogP contribution in [0.25, 0.3) is 11.1 Å². The number of anilines is 2. The van der Waals surface area contributed by atoms with Crippen molar-refractivity contribution in [2.24, 2.45) is 0 Å². The summed E-state index contributed by atoms with van der Waals surface area (Å²) in [7, 11) is 0. The van der Waals surface area contributed by atoms with Crippen molar-refractivity contribution < 1.29 is 13.2 Å². The Morgan fingerprint density at radius 1 is 0.944 bits per heavy atom. The smallest absolute Gasteiger partial charge is 0.397 e. The molecule has 2 aromatic rings. The molecule has 0 saturated heterocycles. The molecule has 0 saturated carbocycles. The lowest BCUT2D eigenvalue weighted by molar-refractivity contribution is -0.140. The number of hydrogen-bond donors (Lipinski definition) is 2. The molecule has 2 rings (SSSR count). The van der Waals surface area contributed by atoms with Gasteiger partial charge in [-0.05, 0) is 12.1 Å². The third kappa shape index (κ3) is 2.09. The van der Waals surface area contributed by atoms with E-state index in [4.69, 9.17) is 11.5 Å². The summed E-state index contributed by atoms with van der Waals surface area (Å²) in [6.07, 6.45) is -3.44. The maximum atomic E-state index is 12.8. The van der Waals surface area contributed by atoms with E-state index in [1.165, 1.54) is 24.3 Å². The van der Waals surface area contributed by atoms with Crippen molar-refractivity contribution in [1.29, 1.82) is 0 Å². The van der Waals surface area contributed by atoms with E-state index < -0.39 is 11.9 Å². The molecule has 0 spiro atoms. The van der Waals surface area contributed by atoms with Crippen LogP contribution < -0.4 is 11.5 Å². The van der Waals surface area contributed by atoms with Gasteiger partial charge in [-0.15, -0.1) is 0 Å². The average molecular weight is 253 g/mol. The molecule has 0 fully saturated rings. The number of benzene rings is 1. The Morgan fingerprint density at radius 3 is 2.28 bits per heavy atom. The van der Waals surface area contributed by atoms with Crippen molar-refractivity contribution in [2.45, 2.75) is 6.18 Å². The van der Waals surface area contributed by atoms with Gasteiger partial charge in [0.2, 0.25) is 0 Å². The van der Waals surface area contributed by atoms with Crippen molar-refractivity contribution in [3.63, 3.8) is 0 Å². The summed E-state index contributed by atoms with van der Waals surface area (Å²) in [4.78, 5) is 3.38. The monoisotopic (exact) mass is 253 g/mol. The topological polar surface area (TPSA) is 64.9 Å². The second kappa shape index (κ2) is 4.21. The maximum absolute atomic E-state index is 12.8. The Hall–Kier alpha value is -2.24. The highest BCUT2D eigenvalue weighted by Crippen LogP contribution is 2.38. The molecule has 0 radical (unpaired) electrons. The summed E-state index contributed by atoms with van der Waals surface area (Å²) < 4.78 is 38.5. The zero-order valence-corrected chi connectivity index (χ0v) is 9.20. The summed E-state index contributed by atoms with van der Waals surface area (Å²) in [5, 5.41) is 0. The molecule has 1 heterocycles. The Morgan fingerprint density at radius 2 is 1.61 bits per heavy atom. The van der Waals surface area contributed by atoms with Crippen molar-refractivity contribution in [2.75, 3.05) is 11.5 Å². The third-order valence-corrected chi connectivity index (χ3v) is 2.51. The van der Waals surface area contributed by atoms with Crippen LogP contribution in [0.4, 0.5) is 24.5 Å². The number of aromatic nitrogens is 1. The normalized spacial score (nSPS) is 11.5. The van der Waals surface area contributed by atoms with Gasteiger partial charge in [0.15, 0.2) is 5.69 Å². The number of nitrogens with two attached hydrogens (primary N) is 2. The van der Waals surface area contributed by atoms with Gasteiger partial charge < -0.3 is 11.5 Å². The number of hydrogen-bond acceptors (Lipinski definition) is 3. The fourth-order valence-corrected chi connectivity index (χ4v) is 1.67. The second-order valence-electron chi connectivity index (χ2n) is 3.71.